The number of methoxy groups -OCH3 is 1. The molecule has 23 heavy (non-hydrogen) atoms. The molecule has 0 aromatic heterocycles. The lowest BCUT2D eigenvalue weighted by molar-refractivity contribution is -0.156. The molecule has 6 nitrogen and oxygen atoms in total. The van der Waals surface area contributed by atoms with Crippen molar-refractivity contribution in [2.75, 3.05) is 13.7 Å². The van der Waals surface area contributed by atoms with Crippen molar-refractivity contribution in [2.45, 2.75) is 38.4 Å². The van der Waals surface area contributed by atoms with Crippen LogP contribution in [0.1, 0.15) is 31.2 Å². The maximum Gasteiger partial charge on any atom is 0.314 e. The molecular weight excluding hydrogens is 300 g/mol. The molecule has 0 unspecified atom stereocenters. The Morgan fingerprint density at radius 2 is 1.87 bits per heavy atom. The number of rotatable bonds is 10. The van der Waals surface area contributed by atoms with E-state index in [2.05, 4.69) is 4.74 Å². The maximum absolute atomic E-state index is 12.0. The van der Waals surface area contributed by atoms with Crippen LogP contribution in [0.2, 0.25) is 0 Å². The van der Waals surface area contributed by atoms with Crippen LogP contribution in [-0.2, 0) is 25.7 Å². The highest BCUT2D eigenvalue weighted by Gasteiger charge is 2.27. The van der Waals surface area contributed by atoms with Gasteiger partial charge in [-0.05, 0) is 18.4 Å². The minimum atomic E-state index is -0.999. The fourth-order valence-electron chi connectivity index (χ4n) is 2.12. The fraction of sp³-hybridized carbons (Fsp3) is 0.529. The van der Waals surface area contributed by atoms with E-state index < -0.39 is 24.6 Å². The molecule has 0 aliphatic carbocycles. The second-order valence-corrected chi connectivity index (χ2v) is 5.27. The Balaban J connectivity index is 2.35. The molecule has 0 aliphatic rings. The number of hydrogen-bond acceptors (Lipinski definition) is 6. The zero-order valence-electron chi connectivity index (χ0n) is 13.3. The summed E-state index contributed by atoms with van der Waals surface area (Å²) in [4.78, 5) is 22.9. The maximum atomic E-state index is 12.0. The van der Waals surface area contributed by atoms with Gasteiger partial charge in [0.25, 0.3) is 0 Å². The highest BCUT2D eigenvalue weighted by molar-refractivity contribution is 5.73. The number of ether oxygens (including phenoxy) is 2. The van der Waals surface area contributed by atoms with Crippen LogP contribution in [0.25, 0.3) is 0 Å². The molecule has 0 radical (unpaired) electrons. The molecule has 0 bridgehead atoms. The predicted octanol–water partition coefficient (Wildman–Crippen LogP) is 1.43. The summed E-state index contributed by atoms with van der Waals surface area (Å²) in [5.41, 5.74) is 0.838. The van der Waals surface area contributed by atoms with Gasteiger partial charge in [-0.2, -0.15) is 0 Å². The smallest absolute Gasteiger partial charge is 0.314 e. The van der Waals surface area contributed by atoms with Crippen molar-refractivity contribution in [1.29, 1.82) is 0 Å². The van der Waals surface area contributed by atoms with Gasteiger partial charge in [0.1, 0.15) is 12.5 Å². The van der Waals surface area contributed by atoms with Crippen molar-refractivity contribution in [2.24, 2.45) is 5.92 Å². The molecule has 2 atom stereocenters. The van der Waals surface area contributed by atoms with E-state index in [1.54, 1.807) is 0 Å². The Morgan fingerprint density at radius 3 is 2.48 bits per heavy atom. The molecule has 1 rings (SSSR count). The highest BCUT2D eigenvalue weighted by atomic mass is 16.5. The Bertz CT molecular complexity index is 473. The number of esters is 2. The van der Waals surface area contributed by atoms with E-state index in [-0.39, 0.29) is 19.0 Å². The molecule has 1 aromatic carbocycles. The molecular formula is C17H24O6. The Kier molecular flexibility index (Phi) is 8.94. The summed E-state index contributed by atoms with van der Waals surface area (Å²) >= 11 is 0. The molecule has 6 heteroatoms. The van der Waals surface area contributed by atoms with Crippen molar-refractivity contribution in [3.05, 3.63) is 35.9 Å². The number of carbonyl (C=O) groups excluding carboxylic acids is 2. The number of hydrogen-bond donors (Lipinski definition) is 2. The van der Waals surface area contributed by atoms with Gasteiger partial charge >= 0.3 is 11.9 Å². The molecule has 0 saturated heterocycles. The van der Waals surface area contributed by atoms with Crippen LogP contribution in [0.4, 0.5) is 0 Å². The van der Waals surface area contributed by atoms with Crippen molar-refractivity contribution in [3.8, 4) is 0 Å². The minimum Gasteiger partial charge on any atom is -0.469 e. The average molecular weight is 324 g/mol. The van der Waals surface area contributed by atoms with Crippen LogP contribution < -0.4 is 0 Å². The quantitative estimate of drug-likeness (QED) is 0.499. The van der Waals surface area contributed by atoms with Crippen LogP contribution in [0, 0.1) is 5.92 Å². The zero-order chi connectivity index (χ0) is 17.1. The number of carbonyl (C=O) groups is 2. The molecule has 0 saturated carbocycles. The van der Waals surface area contributed by atoms with Crippen LogP contribution in [-0.4, -0.2) is 42.0 Å². The van der Waals surface area contributed by atoms with Crippen LogP contribution in [0.15, 0.2) is 30.3 Å². The van der Waals surface area contributed by atoms with E-state index in [0.717, 1.165) is 5.56 Å². The third-order valence-corrected chi connectivity index (χ3v) is 3.55. The molecule has 128 valence electrons. The monoisotopic (exact) mass is 324 g/mol. The van der Waals surface area contributed by atoms with E-state index in [4.69, 9.17) is 4.74 Å². The average Bonchev–Trinajstić information content (AvgIpc) is 2.58. The predicted molar refractivity (Wildman–Crippen MR) is 83.3 cm³/mol. The van der Waals surface area contributed by atoms with E-state index in [1.165, 1.54) is 7.11 Å². The zero-order valence-corrected chi connectivity index (χ0v) is 13.3. The first-order valence-corrected chi connectivity index (χ1v) is 7.64. The van der Waals surface area contributed by atoms with Gasteiger partial charge in [0.05, 0.1) is 19.8 Å². The summed E-state index contributed by atoms with van der Waals surface area (Å²) in [6.07, 6.45) is 0.689. The first-order chi connectivity index (χ1) is 11.1. The van der Waals surface area contributed by atoms with Gasteiger partial charge < -0.3 is 19.7 Å². The van der Waals surface area contributed by atoms with Gasteiger partial charge in [-0.15, -0.1) is 0 Å². The summed E-state index contributed by atoms with van der Waals surface area (Å²) < 4.78 is 9.65. The molecule has 0 spiro atoms. The van der Waals surface area contributed by atoms with Crippen molar-refractivity contribution >= 4 is 11.9 Å². The summed E-state index contributed by atoms with van der Waals surface area (Å²) in [6, 6.07) is 9.18. The standard InChI is InChI=1S/C17H24O6/c1-22-16(20)10-6-5-9-15(19)14(11-18)17(21)23-12-13-7-3-2-4-8-13/h2-4,7-8,14-15,18-19H,5-6,9-12H2,1H3/t14-,15-/m0/s1. The lowest BCUT2D eigenvalue weighted by atomic mass is 9.98. The van der Waals surface area contributed by atoms with E-state index in [0.29, 0.717) is 19.3 Å². The topological polar surface area (TPSA) is 93.1 Å². The number of aliphatic hydroxyl groups excluding tert-OH is 2. The van der Waals surface area contributed by atoms with Gasteiger partial charge in [0.15, 0.2) is 0 Å². The van der Waals surface area contributed by atoms with Crippen LogP contribution in [0.5, 0.6) is 0 Å². The molecule has 1 aromatic rings. The third kappa shape index (κ3) is 7.25. The van der Waals surface area contributed by atoms with Crippen molar-refractivity contribution in [3.63, 3.8) is 0 Å². The number of aliphatic hydroxyl groups is 2. The second-order valence-electron chi connectivity index (χ2n) is 5.27. The number of unbranched alkanes of at least 4 members (excludes halogenated alkanes) is 1. The van der Waals surface area contributed by atoms with E-state index in [1.807, 2.05) is 30.3 Å². The van der Waals surface area contributed by atoms with Crippen LogP contribution in [0.3, 0.4) is 0 Å². The Morgan fingerprint density at radius 1 is 1.17 bits per heavy atom. The first kappa shape index (κ1) is 19.1. The van der Waals surface area contributed by atoms with E-state index in [9.17, 15) is 19.8 Å². The lowest BCUT2D eigenvalue weighted by Gasteiger charge is -2.19. The van der Waals surface area contributed by atoms with Gasteiger partial charge in [-0.3, -0.25) is 9.59 Å². The van der Waals surface area contributed by atoms with E-state index >= 15 is 0 Å². The van der Waals surface area contributed by atoms with Gasteiger partial charge in [0, 0.05) is 6.42 Å². The molecule has 0 aliphatic heterocycles. The highest BCUT2D eigenvalue weighted by Crippen LogP contribution is 2.15. The Labute approximate surface area is 136 Å². The van der Waals surface area contributed by atoms with Gasteiger partial charge in [-0.1, -0.05) is 36.8 Å². The van der Waals surface area contributed by atoms with Crippen LogP contribution >= 0.6 is 0 Å². The second kappa shape index (κ2) is 10.7. The lowest BCUT2D eigenvalue weighted by Crippen LogP contribution is -2.32. The molecule has 2 N–H and O–H groups in total. The largest absolute Gasteiger partial charge is 0.469 e. The molecule has 0 heterocycles. The number of benzene rings is 1. The summed E-state index contributed by atoms with van der Waals surface area (Å²) in [5, 5.41) is 19.3. The minimum absolute atomic E-state index is 0.102. The molecule has 0 amide bonds. The SMILES string of the molecule is COC(=O)CCCC[C@H](O)[C@H](CO)C(=O)OCc1ccccc1. The first-order valence-electron chi connectivity index (χ1n) is 7.64. The molecule has 0 fully saturated rings. The normalized spacial score (nSPS) is 13.2. The Hall–Kier alpha value is -1.92. The van der Waals surface area contributed by atoms with Gasteiger partial charge in [-0.25, -0.2) is 0 Å². The summed E-state index contributed by atoms with van der Waals surface area (Å²) in [7, 11) is 1.32. The summed E-state index contributed by atoms with van der Waals surface area (Å²) in [6.45, 7) is -0.378. The third-order valence-electron chi connectivity index (χ3n) is 3.55. The van der Waals surface area contributed by atoms with Gasteiger partial charge in [0.2, 0.25) is 0 Å². The van der Waals surface area contributed by atoms with Crippen molar-refractivity contribution < 1.29 is 29.3 Å². The summed E-state index contributed by atoms with van der Waals surface area (Å²) in [5.74, 6) is -1.91. The fourth-order valence-corrected chi connectivity index (χ4v) is 2.12. The van der Waals surface area contributed by atoms with Crippen molar-refractivity contribution in [1.82, 2.24) is 0 Å².